The molecule has 1 fully saturated rings. The van der Waals surface area contributed by atoms with E-state index in [2.05, 4.69) is 24.1 Å². The van der Waals surface area contributed by atoms with Crippen molar-refractivity contribution in [1.82, 2.24) is 10.2 Å². The zero-order valence-electron chi connectivity index (χ0n) is 13.5. The molecule has 21 heavy (non-hydrogen) atoms. The summed E-state index contributed by atoms with van der Waals surface area (Å²) in [6, 6.07) is -0.0963. The van der Waals surface area contributed by atoms with Gasteiger partial charge in [-0.1, -0.05) is 6.92 Å². The quantitative estimate of drug-likeness (QED) is 0.716. The van der Waals surface area contributed by atoms with Gasteiger partial charge in [0.1, 0.15) is 0 Å². The van der Waals surface area contributed by atoms with E-state index in [4.69, 9.17) is 10.5 Å². The maximum absolute atomic E-state index is 11.7. The molecule has 1 aliphatic heterocycles. The van der Waals surface area contributed by atoms with E-state index in [0.717, 1.165) is 32.6 Å². The number of nitrogens with zero attached hydrogens (tertiary/aromatic N) is 1. The molecule has 1 heterocycles. The van der Waals surface area contributed by atoms with Crippen LogP contribution in [-0.4, -0.2) is 55.2 Å². The van der Waals surface area contributed by atoms with E-state index < -0.39 is 0 Å². The summed E-state index contributed by atoms with van der Waals surface area (Å²) in [4.78, 5) is 14.1. The minimum atomic E-state index is -0.122. The summed E-state index contributed by atoms with van der Waals surface area (Å²) >= 11 is 0. The molecule has 0 bridgehead atoms. The Morgan fingerprint density at radius 2 is 1.81 bits per heavy atom. The number of halogens is 2. The lowest BCUT2D eigenvalue weighted by Crippen LogP contribution is -2.46. The largest absolute Gasteiger partial charge is 0.373 e. The van der Waals surface area contributed by atoms with Crippen LogP contribution in [-0.2, 0) is 9.53 Å². The van der Waals surface area contributed by atoms with E-state index in [1.54, 1.807) is 0 Å². The number of hydrogen-bond donors (Lipinski definition) is 2. The Morgan fingerprint density at radius 3 is 2.29 bits per heavy atom. The Kier molecular flexibility index (Phi) is 12.7. The van der Waals surface area contributed by atoms with E-state index in [9.17, 15) is 4.79 Å². The topological polar surface area (TPSA) is 67.6 Å². The van der Waals surface area contributed by atoms with Crippen LogP contribution in [0.15, 0.2) is 0 Å². The standard InChI is InChI=1S/C14H29N3O2.2ClH/c1-10-8-17(9-11(2)19-10)7-5-6-16-14(18)12(3)13(4)15;;/h10-13H,5-9,15H2,1-4H3,(H,16,18);2*1H. The Labute approximate surface area is 141 Å². The lowest BCUT2D eigenvalue weighted by Gasteiger charge is -2.35. The molecular weight excluding hydrogens is 313 g/mol. The van der Waals surface area contributed by atoms with Crippen LogP contribution in [0.4, 0.5) is 0 Å². The van der Waals surface area contributed by atoms with Crippen LogP contribution in [0, 0.1) is 5.92 Å². The highest BCUT2D eigenvalue weighted by Crippen LogP contribution is 2.10. The van der Waals surface area contributed by atoms with E-state index in [1.807, 2.05) is 13.8 Å². The number of hydrogen-bond acceptors (Lipinski definition) is 4. The van der Waals surface area contributed by atoms with Crippen LogP contribution >= 0.6 is 24.8 Å². The SMILES string of the molecule is CC1CN(CCCNC(=O)C(C)C(C)N)CC(C)O1.Cl.Cl. The van der Waals surface area contributed by atoms with Crippen molar-refractivity contribution < 1.29 is 9.53 Å². The lowest BCUT2D eigenvalue weighted by atomic mass is 10.0. The van der Waals surface area contributed by atoms with Gasteiger partial charge in [0.15, 0.2) is 0 Å². The van der Waals surface area contributed by atoms with Crippen molar-refractivity contribution in [2.45, 2.75) is 52.4 Å². The van der Waals surface area contributed by atoms with Crippen molar-refractivity contribution in [2.75, 3.05) is 26.2 Å². The zero-order chi connectivity index (χ0) is 14.4. The molecule has 0 spiro atoms. The molecule has 5 nitrogen and oxygen atoms in total. The number of carbonyl (C=O) groups excluding carboxylic acids is 1. The Balaban J connectivity index is 0. The number of rotatable bonds is 6. The molecule has 0 radical (unpaired) electrons. The first kappa shape index (κ1) is 23.2. The van der Waals surface area contributed by atoms with E-state index >= 15 is 0 Å². The summed E-state index contributed by atoms with van der Waals surface area (Å²) in [5, 5.41) is 2.95. The minimum absolute atomic E-state index is 0. The van der Waals surface area contributed by atoms with Gasteiger partial charge >= 0.3 is 0 Å². The second kappa shape index (κ2) is 11.5. The molecule has 1 aliphatic rings. The van der Waals surface area contributed by atoms with Crippen molar-refractivity contribution in [3.63, 3.8) is 0 Å². The van der Waals surface area contributed by atoms with Gasteiger partial charge in [0.25, 0.3) is 0 Å². The van der Waals surface area contributed by atoms with Crippen LogP contribution in [0.2, 0.25) is 0 Å². The predicted molar refractivity (Wildman–Crippen MR) is 91.4 cm³/mol. The maximum Gasteiger partial charge on any atom is 0.224 e. The number of morpholine rings is 1. The van der Waals surface area contributed by atoms with Crippen molar-refractivity contribution in [3.05, 3.63) is 0 Å². The molecule has 0 aromatic rings. The fourth-order valence-electron chi connectivity index (χ4n) is 2.38. The number of amides is 1. The van der Waals surface area contributed by atoms with Crippen LogP contribution < -0.4 is 11.1 Å². The molecule has 1 amide bonds. The molecule has 0 aliphatic carbocycles. The molecule has 7 heteroatoms. The van der Waals surface area contributed by atoms with Gasteiger partial charge in [0.05, 0.1) is 12.2 Å². The molecule has 0 aromatic heterocycles. The Bertz CT molecular complexity index is 283. The van der Waals surface area contributed by atoms with Gasteiger partial charge in [0, 0.05) is 38.1 Å². The number of ether oxygens (including phenoxy) is 1. The summed E-state index contributed by atoms with van der Waals surface area (Å²) in [5.41, 5.74) is 5.71. The Hall–Kier alpha value is -0.0700. The summed E-state index contributed by atoms with van der Waals surface area (Å²) < 4.78 is 5.69. The minimum Gasteiger partial charge on any atom is -0.373 e. The second-order valence-electron chi connectivity index (χ2n) is 5.81. The third kappa shape index (κ3) is 8.83. The number of carbonyl (C=O) groups is 1. The zero-order valence-corrected chi connectivity index (χ0v) is 15.1. The van der Waals surface area contributed by atoms with E-state index in [0.29, 0.717) is 12.2 Å². The van der Waals surface area contributed by atoms with Crippen LogP contribution in [0.3, 0.4) is 0 Å². The van der Waals surface area contributed by atoms with Crippen molar-refractivity contribution in [3.8, 4) is 0 Å². The Morgan fingerprint density at radius 1 is 1.29 bits per heavy atom. The highest BCUT2D eigenvalue weighted by molar-refractivity contribution is 5.85. The van der Waals surface area contributed by atoms with E-state index in [-0.39, 0.29) is 42.7 Å². The molecule has 128 valence electrons. The first-order valence-electron chi connectivity index (χ1n) is 7.31. The average Bonchev–Trinajstić information content (AvgIpc) is 2.32. The molecule has 1 rings (SSSR count). The molecule has 0 aromatic carbocycles. The van der Waals surface area contributed by atoms with Crippen molar-refractivity contribution >= 4 is 30.7 Å². The van der Waals surface area contributed by atoms with Gasteiger partial charge in [-0.3, -0.25) is 9.69 Å². The number of nitrogens with two attached hydrogens (primary N) is 1. The number of nitrogens with one attached hydrogen (secondary N) is 1. The summed E-state index contributed by atoms with van der Waals surface area (Å²) in [6.07, 6.45) is 1.57. The highest BCUT2D eigenvalue weighted by Gasteiger charge is 2.21. The lowest BCUT2D eigenvalue weighted by molar-refractivity contribution is -0.125. The molecule has 0 saturated carbocycles. The average molecular weight is 344 g/mol. The third-order valence-electron chi connectivity index (χ3n) is 3.65. The molecular formula is C14H31Cl2N3O2. The van der Waals surface area contributed by atoms with E-state index in [1.165, 1.54) is 0 Å². The highest BCUT2D eigenvalue weighted by atomic mass is 35.5. The normalized spacial score (nSPS) is 25.2. The summed E-state index contributed by atoms with van der Waals surface area (Å²) in [5.74, 6) is -0.0675. The third-order valence-corrected chi connectivity index (χ3v) is 3.65. The molecule has 1 saturated heterocycles. The fourth-order valence-corrected chi connectivity index (χ4v) is 2.38. The van der Waals surface area contributed by atoms with Crippen LogP contribution in [0.1, 0.15) is 34.1 Å². The molecule has 4 atom stereocenters. The van der Waals surface area contributed by atoms with Gasteiger partial charge in [-0.15, -0.1) is 24.8 Å². The van der Waals surface area contributed by atoms with Crippen molar-refractivity contribution in [1.29, 1.82) is 0 Å². The smallest absolute Gasteiger partial charge is 0.224 e. The van der Waals surface area contributed by atoms with Gasteiger partial charge in [-0.2, -0.15) is 0 Å². The van der Waals surface area contributed by atoms with Gasteiger partial charge in [-0.25, -0.2) is 0 Å². The predicted octanol–water partition coefficient (Wildman–Crippen LogP) is 1.43. The molecule has 3 N–H and O–H groups in total. The van der Waals surface area contributed by atoms with Gasteiger partial charge < -0.3 is 15.8 Å². The summed E-state index contributed by atoms with van der Waals surface area (Å²) in [6.45, 7) is 11.6. The summed E-state index contributed by atoms with van der Waals surface area (Å²) in [7, 11) is 0. The van der Waals surface area contributed by atoms with Crippen LogP contribution in [0.25, 0.3) is 0 Å². The fraction of sp³-hybridized carbons (Fsp3) is 0.929. The monoisotopic (exact) mass is 343 g/mol. The van der Waals surface area contributed by atoms with Crippen LogP contribution in [0.5, 0.6) is 0 Å². The first-order valence-corrected chi connectivity index (χ1v) is 7.31. The second-order valence-corrected chi connectivity index (χ2v) is 5.81. The first-order chi connectivity index (χ1) is 8.90. The maximum atomic E-state index is 11.7. The van der Waals surface area contributed by atoms with Gasteiger partial charge in [-0.05, 0) is 27.2 Å². The molecule has 4 unspecified atom stereocenters. The van der Waals surface area contributed by atoms with Gasteiger partial charge in [0.2, 0.25) is 5.91 Å². The van der Waals surface area contributed by atoms with Crippen molar-refractivity contribution in [2.24, 2.45) is 11.7 Å².